The summed E-state index contributed by atoms with van der Waals surface area (Å²) in [6.45, 7) is 7.39. The van der Waals surface area contributed by atoms with Crippen molar-refractivity contribution in [2.45, 2.75) is 53.0 Å². The molecule has 0 amide bonds. The first kappa shape index (κ1) is 21.6. The summed E-state index contributed by atoms with van der Waals surface area (Å²) < 4.78 is 2.13. The normalized spacial score (nSPS) is 10.6. The monoisotopic (exact) mass is 380 g/mol. The van der Waals surface area contributed by atoms with Gasteiger partial charge < -0.3 is 14.7 Å². The summed E-state index contributed by atoms with van der Waals surface area (Å²) in [5.74, 6) is 2.67. The fourth-order valence-electron chi connectivity index (χ4n) is 3.16. The Labute approximate surface area is 168 Å². The molecule has 0 fully saturated rings. The quantitative estimate of drug-likeness (QED) is 0.565. The zero-order chi connectivity index (χ0) is 20.4. The molecule has 28 heavy (non-hydrogen) atoms. The molecule has 1 heterocycles. The van der Waals surface area contributed by atoms with E-state index in [0.29, 0.717) is 18.8 Å². The lowest BCUT2D eigenvalue weighted by Gasteiger charge is -2.07. The summed E-state index contributed by atoms with van der Waals surface area (Å²) in [5.41, 5.74) is 1.19. The molecular formula is C23H32N4O. The van der Waals surface area contributed by atoms with Gasteiger partial charge in [0.2, 0.25) is 0 Å². The molecular weight excluding hydrogens is 348 g/mol. The maximum atomic E-state index is 10.3. The van der Waals surface area contributed by atoms with Crippen LogP contribution < -0.4 is 5.32 Å². The van der Waals surface area contributed by atoms with Crippen molar-refractivity contribution in [3.05, 3.63) is 54.1 Å². The zero-order valence-corrected chi connectivity index (χ0v) is 17.5. The van der Waals surface area contributed by atoms with Crippen molar-refractivity contribution < 1.29 is 4.79 Å². The number of nitrogens with one attached hydrogen (secondary N) is 1. The Kier molecular flexibility index (Phi) is 8.66. The highest BCUT2D eigenvalue weighted by atomic mass is 16.1. The van der Waals surface area contributed by atoms with Crippen LogP contribution in [0.4, 0.5) is 5.69 Å². The van der Waals surface area contributed by atoms with Gasteiger partial charge in [-0.1, -0.05) is 50.2 Å². The molecule has 5 nitrogen and oxygen atoms in total. The second-order valence-corrected chi connectivity index (χ2v) is 7.19. The van der Waals surface area contributed by atoms with E-state index >= 15 is 0 Å². The topological polar surface area (TPSA) is 59.8 Å². The van der Waals surface area contributed by atoms with Gasteiger partial charge in [-0.05, 0) is 30.7 Å². The fourth-order valence-corrected chi connectivity index (χ4v) is 3.16. The van der Waals surface area contributed by atoms with Crippen LogP contribution >= 0.6 is 0 Å². The molecule has 0 saturated heterocycles. The highest BCUT2D eigenvalue weighted by molar-refractivity contribution is 5.93. The minimum atomic E-state index is 0.530. The maximum Gasteiger partial charge on any atom is 0.133 e. The number of anilines is 1. The third-order valence-electron chi connectivity index (χ3n) is 4.71. The van der Waals surface area contributed by atoms with Crippen molar-refractivity contribution in [3.63, 3.8) is 0 Å². The molecule has 150 valence electrons. The first-order chi connectivity index (χ1) is 13.6. The number of carbonyl (C=O) groups is 1. The van der Waals surface area contributed by atoms with Gasteiger partial charge in [0.25, 0.3) is 0 Å². The summed E-state index contributed by atoms with van der Waals surface area (Å²) in [6, 6.07) is 14.6. The Morgan fingerprint density at radius 1 is 1.04 bits per heavy atom. The summed E-state index contributed by atoms with van der Waals surface area (Å²) in [4.78, 5) is 10.3. The van der Waals surface area contributed by atoms with Crippen molar-refractivity contribution in [3.8, 4) is 0 Å². The Morgan fingerprint density at radius 3 is 2.36 bits per heavy atom. The lowest BCUT2D eigenvalue weighted by Crippen LogP contribution is -2.07. The first-order valence-corrected chi connectivity index (χ1v) is 10.1. The van der Waals surface area contributed by atoms with Crippen molar-refractivity contribution in [2.75, 3.05) is 12.4 Å². The minimum Gasteiger partial charge on any atom is -0.388 e. The molecule has 0 spiro atoms. The van der Waals surface area contributed by atoms with Crippen molar-refractivity contribution in [1.29, 1.82) is 0 Å². The summed E-state index contributed by atoms with van der Waals surface area (Å²) >= 11 is 0. The number of hydrogen-bond donors (Lipinski definition) is 1. The van der Waals surface area contributed by atoms with Crippen LogP contribution in [-0.2, 0) is 24.2 Å². The average Bonchev–Trinajstić information content (AvgIpc) is 3.12. The molecule has 0 aliphatic heterocycles. The molecule has 3 aromatic rings. The van der Waals surface area contributed by atoms with Crippen molar-refractivity contribution in [2.24, 2.45) is 5.92 Å². The lowest BCUT2D eigenvalue weighted by molar-refractivity contribution is -0.107. The Balaban J connectivity index is 0.000000207. The van der Waals surface area contributed by atoms with Gasteiger partial charge in [-0.2, -0.15) is 0 Å². The fraction of sp³-hybridized carbons (Fsp3) is 0.435. The first-order valence-electron chi connectivity index (χ1n) is 10.1. The molecule has 5 heteroatoms. The van der Waals surface area contributed by atoms with Gasteiger partial charge in [0.1, 0.15) is 17.9 Å². The lowest BCUT2D eigenvalue weighted by atomic mass is 10.1. The molecule has 0 aliphatic carbocycles. The van der Waals surface area contributed by atoms with Crippen LogP contribution in [0.5, 0.6) is 0 Å². The molecule has 1 N–H and O–H groups in total. The molecule has 2 aromatic carbocycles. The largest absolute Gasteiger partial charge is 0.388 e. The number of benzene rings is 2. The van der Waals surface area contributed by atoms with Gasteiger partial charge in [0, 0.05) is 43.9 Å². The molecule has 1 aromatic heterocycles. The van der Waals surface area contributed by atoms with Crippen LogP contribution in [0.15, 0.2) is 42.5 Å². The van der Waals surface area contributed by atoms with Gasteiger partial charge in [-0.25, -0.2) is 0 Å². The Morgan fingerprint density at radius 2 is 1.71 bits per heavy atom. The predicted octanol–water partition coefficient (Wildman–Crippen LogP) is 4.90. The molecule has 0 atom stereocenters. The number of aromatic nitrogens is 3. The highest BCUT2D eigenvalue weighted by Gasteiger charge is 2.10. The minimum absolute atomic E-state index is 0.530. The van der Waals surface area contributed by atoms with Crippen LogP contribution in [-0.4, -0.2) is 28.1 Å². The van der Waals surface area contributed by atoms with Gasteiger partial charge in [-0.15, -0.1) is 10.2 Å². The molecule has 0 saturated carbocycles. The summed E-state index contributed by atoms with van der Waals surface area (Å²) in [5, 5.41) is 14.1. The van der Waals surface area contributed by atoms with Crippen molar-refractivity contribution >= 4 is 22.7 Å². The second-order valence-electron chi connectivity index (χ2n) is 7.19. The predicted molar refractivity (Wildman–Crippen MR) is 117 cm³/mol. The Bertz CT molecular complexity index is 865. The van der Waals surface area contributed by atoms with E-state index in [-0.39, 0.29) is 0 Å². The standard InChI is InChI=1S/C12H21N3O.C11H11N/c1-4-15-11(6-5-9-16)13-14-12(15)8-7-10(2)3;1-12-11-8-4-6-9-5-2-3-7-10(9)11/h9-10H,4-8H2,1-3H3;2-8,12H,1H3. The Hall–Kier alpha value is -2.69. The molecule has 0 aliphatic rings. The van der Waals surface area contributed by atoms with E-state index in [0.717, 1.165) is 37.3 Å². The van der Waals surface area contributed by atoms with E-state index < -0.39 is 0 Å². The summed E-state index contributed by atoms with van der Waals surface area (Å²) in [7, 11) is 1.95. The van der Waals surface area contributed by atoms with E-state index in [9.17, 15) is 4.79 Å². The van der Waals surface area contributed by atoms with E-state index in [1.807, 2.05) is 7.05 Å². The maximum absolute atomic E-state index is 10.3. The van der Waals surface area contributed by atoms with Gasteiger partial charge in [0.15, 0.2) is 0 Å². The van der Waals surface area contributed by atoms with Gasteiger partial charge in [0.05, 0.1) is 0 Å². The van der Waals surface area contributed by atoms with Gasteiger partial charge >= 0.3 is 0 Å². The molecule has 0 bridgehead atoms. The smallest absolute Gasteiger partial charge is 0.133 e. The number of fused-ring (bicyclic) bond motifs is 1. The number of nitrogens with zero attached hydrogens (tertiary/aromatic N) is 3. The van der Waals surface area contributed by atoms with Crippen LogP contribution in [0.1, 0.15) is 45.3 Å². The molecule has 0 radical (unpaired) electrons. The summed E-state index contributed by atoms with van der Waals surface area (Å²) in [6.07, 6.45) is 4.27. The number of aldehydes is 1. The SMILES string of the molecule is CCn1c(CCC=O)nnc1CCC(C)C.CNc1cccc2ccccc12. The number of rotatable bonds is 8. The van der Waals surface area contributed by atoms with Crippen LogP contribution in [0.3, 0.4) is 0 Å². The molecule has 0 unspecified atom stereocenters. The molecule has 3 rings (SSSR count). The van der Waals surface area contributed by atoms with E-state index in [1.165, 1.54) is 16.5 Å². The second kappa shape index (κ2) is 11.2. The third-order valence-corrected chi connectivity index (χ3v) is 4.71. The number of hydrogen-bond acceptors (Lipinski definition) is 4. The van der Waals surface area contributed by atoms with Gasteiger partial charge in [-0.3, -0.25) is 0 Å². The van der Waals surface area contributed by atoms with E-state index in [4.69, 9.17) is 0 Å². The average molecular weight is 381 g/mol. The van der Waals surface area contributed by atoms with Crippen LogP contribution in [0, 0.1) is 5.92 Å². The highest BCUT2D eigenvalue weighted by Crippen LogP contribution is 2.21. The zero-order valence-electron chi connectivity index (χ0n) is 17.5. The van der Waals surface area contributed by atoms with Crippen LogP contribution in [0.2, 0.25) is 0 Å². The van der Waals surface area contributed by atoms with Crippen molar-refractivity contribution in [1.82, 2.24) is 14.8 Å². The van der Waals surface area contributed by atoms with Crippen LogP contribution in [0.25, 0.3) is 10.8 Å². The third kappa shape index (κ3) is 5.91. The van der Waals surface area contributed by atoms with E-state index in [2.05, 4.69) is 83.3 Å². The number of aryl methyl sites for hydroxylation is 2. The number of carbonyl (C=O) groups excluding carboxylic acids is 1. The van der Waals surface area contributed by atoms with E-state index in [1.54, 1.807) is 0 Å².